The Kier molecular flexibility index (Phi) is 2.50. The van der Waals surface area contributed by atoms with Gasteiger partial charge in [0.15, 0.2) is 0 Å². The molecule has 0 aliphatic rings. The van der Waals surface area contributed by atoms with Crippen molar-refractivity contribution < 1.29 is 5.11 Å². The molecule has 0 atom stereocenters. The molecular formula is C4H9NO. The van der Waals surface area contributed by atoms with Gasteiger partial charge in [-0.3, -0.25) is 0 Å². The van der Waals surface area contributed by atoms with E-state index in [0.29, 0.717) is 12.1 Å². The van der Waals surface area contributed by atoms with Crippen molar-refractivity contribution in [1.29, 1.82) is 0 Å². The van der Waals surface area contributed by atoms with Crippen molar-refractivity contribution in [2.45, 2.75) is 6.42 Å². The number of hydrogen-bond acceptors (Lipinski definition) is 2. The second kappa shape index (κ2) is 2.72. The molecule has 0 aromatic carbocycles. The fraction of sp³-hybridized carbons (Fsp3) is 0.500. The first-order valence-electron chi connectivity index (χ1n) is 1.81. The standard InChI is InChI=1S/C4H9NO/c1-4(5)2-3-6/h6H,1-3,5H2. The highest BCUT2D eigenvalue weighted by molar-refractivity contribution is 4.84. The molecule has 0 aromatic heterocycles. The van der Waals surface area contributed by atoms with Gasteiger partial charge in [-0.15, -0.1) is 0 Å². The molecule has 0 aromatic rings. The van der Waals surface area contributed by atoms with Crippen LogP contribution in [-0.2, 0) is 0 Å². The lowest BCUT2D eigenvalue weighted by molar-refractivity contribution is 0.299. The SMILES string of the molecule is C=C(N)CCO. The Morgan fingerprint density at radius 1 is 1.83 bits per heavy atom. The van der Waals surface area contributed by atoms with Crippen molar-refractivity contribution in [2.75, 3.05) is 6.61 Å². The molecule has 3 N–H and O–H groups in total. The second-order valence-electron chi connectivity index (χ2n) is 1.13. The van der Waals surface area contributed by atoms with Crippen LogP contribution in [0.2, 0.25) is 0 Å². The number of hydrogen-bond donors (Lipinski definition) is 2. The minimum absolute atomic E-state index is 0.106. The summed E-state index contributed by atoms with van der Waals surface area (Å²) in [6, 6.07) is 0. The van der Waals surface area contributed by atoms with Gasteiger partial charge in [-0.05, 0) is 0 Å². The predicted molar refractivity (Wildman–Crippen MR) is 25.0 cm³/mol. The molecule has 0 rings (SSSR count). The first kappa shape index (κ1) is 5.50. The second-order valence-corrected chi connectivity index (χ2v) is 1.13. The molecule has 0 aliphatic heterocycles. The third-order valence-corrected chi connectivity index (χ3v) is 0.433. The maximum absolute atomic E-state index is 8.10. The van der Waals surface area contributed by atoms with Gasteiger partial charge in [0.1, 0.15) is 0 Å². The van der Waals surface area contributed by atoms with E-state index >= 15 is 0 Å². The van der Waals surface area contributed by atoms with Gasteiger partial charge in [0.25, 0.3) is 0 Å². The lowest BCUT2D eigenvalue weighted by Gasteiger charge is -1.87. The van der Waals surface area contributed by atoms with E-state index in [1.54, 1.807) is 0 Å². The van der Waals surface area contributed by atoms with Crippen LogP contribution in [0.4, 0.5) is 0 Å². The van der Waals surface area contributed by atoms with E-state index in [1.807, 2.05) is 0 Å². The number of rotatable bonds is 2. The molecule has 6 heavy (non-hydrogen) atoms. The molecule has 2 nitrogen and oxygen atoms in total. The zero-order chi connectivity index (χ0) is 4.99. The van der Waals surface area contributed by atoms with E-state index in [9.17, 15) is 0 Å². The van der Waals surface area contributed by atoms with Crippen LogP contribution < -0.4 is 5.73 Å². The Balaban J connectivity index is 2.83. The van der Waals surface area contributed by atoms with E-state index in [0.717, 1.165) is 0 Å². The quantitative estimate of drug-likeness (QED) is 0.491. The average molecular weight is 87.1 g/mol. The van der Waals surface area contributed by atoms with E-state index in [2.05, 4.69) is 6.58 Å². The molecule has 0 radical (unpaired) electrons. The molecule has 0 amide bonds. The summed E-state index contributed by atoms with van der Waals surface area (Å²) in [6.45, 7) is 3.47. The fourth-order valence-electron chi connectivity index (χ4n) is 0.144. The van der Waals surface area contributed by atoms with Gasteiger partial charge in [0, 0.05) is 18.7 Å². The van der Waals surface area contributed by atoms with Crippen molar-refractivity contribution in [3.8, 4) is 0 Å². The van der Waals surface area contributed by atoms with Crippen LogP contribution in [0.15, 0.2) is 12.3 Å². The molecule has 2 heteroatoms. The predicted octanol–water partition coefficient (Wildman–Crippen LogP) is -0.159. The Labute approximate surface area is 37.3 Å². The van der Waals surface area contributed by atoms with Gasteiger partial charge in [-0.25, -0.2) is 0 Å². The topological polar surface area (TPSA) is 46.2 Å². The average Bonchev–Trinajstić information content (AvgIpc) is 1.35. The number of nitrogens with two attached hydrogens (primary N) is 1. The normalized spacial score (nSPS) is 8.17. The van der Waals surface area contributed by atoms with Crippen molar-refractivity contribution in [2.24, 2.45) is 5.73 Å². The van der Waals surface area contributed by atoms with Gasteiger partial charge in [0.2, 0.25) is 0 Å². The zero-order valence-corrected chi connectivity index (χ0v) is 3.65. The maximum Gasteiger partial charge on any atom is 0.0485 e. The molecule has 0 saturated carbocycles. The highest BCUT2D eigenvalue weighted by atomic mass is 16.3. The molecule has 0 unspecified atom stereocenters. The summed E-state index contributed by atoms with van der Waals surface area (Å²) in [5.74, 6) is 0. The van der Waals surface area contributed by atoms with Crippen LogP contribution in [0.3, 0.4) is 0 Å². The fourth-order valence-corrected chi connectivity index (χ4v) is 0.144. The van der Waals surface area contributed by atoms with Crippen LogP contribution in [0, 0.1) is 0 Å². The molecule has 0 spiro atoms. The van der Waals surface area contributed by atoms with Crippen LogP contribution >= 0.6 is 0 Å². The van der Waals surface area contributed by atoms with E-state index in [1.165, 1.54) is 0 Å². The Morgan fingerprint density at radius 3 is 2.33 bits per heavy atom. The van der Waals surface area contributed by atoms with Crippen LogP contribution in [0.25, 0.3) is 0 Å². The summed E-state index contributed by atoms with van der Waals surface area (Å²) >= 11 is 0. The van der Waals surface area contributed by atoms with Gasteiger partial charge >= 0.3 is 0 Å². The van der Waals surface area contributed by atoms with Gasteiger partial charge in [-0.1, -0.05) is 6.58 Å². The van der Waals surface area contributed by atoms with Crippen LogP contribution in [0.1, 0.15) is 6.42 Å². The van der Waals surface area contributed by atoms with Crippen molar-refractivity contribution in [3.63, 3.8) is 0 Å². The van der Waals surface area contributed by atoms with E-state index in [4.69, 9.17) is 10.8 Å². The molecular weight excluding hydrogens is 78.0 g/mol. The number of aliphatic hydroxyl groups excluding tert-OH is 1. The van der Waals surface area contributed by atoms with Gasteiger partial charge in [0.05, 0.1) is 0 Å². The third-order valence-electron chi connectivity index (χ3n) is 0.433. The molecule has 0 bridgehead atoms. The minimum atomic E-state index is 0.106. The first-order chi connectivity index (χ1) is 2.77. The Hall–Kier alpha value is -0.500. The molecule has 36 valence electrons. The van der Waals surface area contributed by atoms with E-state index < -0.39 is 0 Å². The molecule has 0 fully saturated rings. The number of aliphatic hydroxyl groups is 1. The summed E-state index contributed by atoms with van der Waals surface area (Å²) in [4.78, 5) is 0. The molecule has 0 saturated heterocycles. The monoisotopic (exact) mass is 87.1 g/mol. The van der Waals surface area contributed by atoms with Gasteiger partial charge in [-0.2, -0.15) is 0 Å². The van der Waals surface area contributed by atoms with Crippen molar-refractivity contribution in [3.05, 3.63) is 12.3 Å². The zero-order valence-electron chi connectivity index (χ0n) is 3.65. The summed E-state index contributed by atoms with van der Waals surface area (Å²) in [5.41, 5.74) is 5.59. The highest BCUT2D eigenvalue weighted by Crippen LogP contribution is 1.81. The van der Waals surface area contributed by atoms with Crippen LogP contribution in [-0.4, -0.2) is 11.7 Å². The summed E-state index contributed by atoms with van der Waals surface area (Å²) in [6.07, 6.45) is 0.514. The lowest BCUT2D eigenvalue weighted by Crippen LogP contribution is -1.96. The molecule has 0 aliphatic carbocycles. The van der Waals surface area contributed by atoms with E-state index in [-0.39, 0.29) is 6.61 Å². The highest BCUT2D eigenvalue weighted by Gasteiger charge is 1.77. The smallest absolute Gasteiger partial charge is 0.0485 e. The summed E-state index contributed by atoms with van der Waals surface area (Å²) in [5, 5.41) is 8.10. The Morgan fingerprint density at radius 2 is 2.33 bits per heavy atom. The van der Waals surface area contributed by atoms with Gasteiger partial charge < -0.3 is 10.8 Å². The summed E-state index contributed by atoms with van der Waals surface area (Å²) in [7, 11) is 0. The Bertz CT molecular complexity index is 51.5. The molecule has 0 heterocycles. The maximum atomic E-state index is 8.10. The largest absolute Gasteiger partial charge is 0.402 e. The minimum Gasteiger partial charge on any atom is -0.402 e. The third kappa shape index (κ3) is 3.50. The van der Waals surface area contributed by atoms with Crippen molar-refractivity contribution in [1.82, 2.24) is 0 Å². The lowest BCUT2D eigenvalue weighted by atomic mass is 10.4. The first-order valence-corrected chi connectivity index (χ1v) is 1.81. The van der Waals surface area contributed by atoms with Crippen LogP contribution in [0.5, 0.6) is 0 Å². The summed E-state index contributed by atoms with van der Waals surface area (Å²) < 4.78 is 0. The van der Waals surface area contributed by atoms with Crippen molar-refractivity contribution >= 4 is 0 Å².